The molecule has 0 bridgehead atoms. The first-order valence-corrected chi connectivity index (χ1v) is 18.4. The first-order chi connectivity index (χ1) is 26.0. The van der Waals surface area contributed by atoms with Crippen molar-refractivity contribution in [2.24, 2.45) is 0 Å². The lowest BCUT2D eigenvalue weighted by Gasteiger charge is -2.29. The third-order valence-corrected chi connectivity index (χ3v) is 10.7. The molecule has 0 saturated heterocycles. The summed E-state index contributed by atoms with van der Waals surface area (Å²) in [5, 5.41) is 0. The number of benzene rings is 8. The van der Waals surface area contributed by atoms with Crippen LogP contribution in [0.5, 0.6) is 0 Å². The van der Waals surface area contributed by atoms with Crippen LogP contribution in [0.4, 0.5) is 34.1 Å². The number of fused-ring (bicyclic) bond motifs is 3. The monoisotopic (exact) mass is 680 g/mol. The van der Waals surface area contributed by atoms with Gasteiger partial charge in [-0.1, -0.05) is 147 Å². The van der Waals surface area contributed by atoms with E-state index in [0.717, 1.165) is 34.1 Å². The van der Waals surface area contributed by atoms with Gasteiger partial charge < -0.3 is 9.80 Å². The molecule has 0 unspecified atom stereocenters. The van der Waals surface area contributed by atoms with Gasteiger partial charge in [-0.3, -0.25) is 0 Å². The Labute approximate surface area is 312 Å². The molecule has 53 heavy (non-hydrogen) atoms. The molecule has 0 saturated carbocycles. The van der Waals surface area contributed by atoms with Crippen LogP contribution in [0, 0.1) is 0 Å². The molecule has 2 nitrogen and oxygen atoms in total. The van der Waals surface area contributed by atoms with E-state index in [0.29, 0.717) is 0 Å². The van der Waals surface area contributed by atoms with E-state index in [2.05, 4.69) is 230 Å². The zero-order chi connectivity index (χ0) is 35.8. The van der Waals surface area contributed by atoms with E-state index in [1.807, 2.05) is 0 Å². The molecule has 0 N–H and O–H groups in total. The molecule has 1 aliphatic rings. The summed E-state index contributed by atoms with van der Waals surface area (Å²) in [7, 11) is 0. The molecule has 0 spiro atoms. The smallest absolute Gasteiger partial charge is 0.0465 e. The van der Waals surface area contributed by atoms with E-state index in [4.69, 9.17) is 0 Å². The van der Waals surface area contributed by atoms with Crippen molar-refractivity contribution >= 4 is 34.1 Å². The van der Waals surface area contributed by atoms with E-state index >= 15 is 0 Å². The SMILES string of the molecule is CC1(C)c2cc(N(c3ccccc3)c3ccc(-c4ccccc4)cc3)ccc2-c2ccc(N(c3ccccc3)c3ccc(-c4ccccc4)cc3)cc21. The van der Waals surface area contributed by atoms with Crippen molar-refractivity contribution in [1.29, 1.82) is 0 Å². The van der Waals surface area contributed by atoms with Gasteiger partial charge in [-0.05, 0) is 117 Å². The summed E-state index contributed by atoms with van der Waals surface area (Å²) in [6.45, 7) is 4.74. The number of nitrogens with zero attached hydrogens (tertiary/aromatic N) is 2. The summed E-state index contributed by atoms with van der Waals surface area (Å²) >= 11 is 0. The fourth-order valence-electron chi connectivity index (χ4n) is 7.91. The van der Waals surface area contributed by atoms with Crippen LogP contribution in [0.2, 0.25) is 0 Å². The largest absolute Gasteiger partial charge is 0.310 e. The molecule has 0 heterocycles. The zero-order valence-electron chi connectivity index (χ0n) is 30.0. The maximum atomic E-state index is 2.41. The van der Waals surface area contributed by atoms with Gasteiger partial charge in [0.05, 0.1) is 0 Å². The molecule has 0 amide bonds. The minimum Gasteiger partial charge on any atom is -0.310 e. The first kappa shape index (κ1) is 32.3. The summed E-state index contributed by atoms with van der Waals surface area (Å²) in [5.74, 6) is 0. The average Bonchev–Trinajstić information content (AvgIpc) is 3.45. The predicted molar refractivity (Wildman–Crippen MR) is 224 cm³/mol. The number of hydrogen-bond donors (Lipinski definition) is 0. The van der Waals surface area contributed by atoms with E-state index in [9.17, 15) is 0 Å². The highest BCUT2D eigenvalue weighted by molar-refractivity contribution is 5.88. The summed E-state index contributed by atoms with van der Waals surface area (Å²) in [6.07, 6.45) is 0. The lowest BCUT2D eigenvalue weighted by molar-refractivity contribution is 0.660. The van der Waals surface area contributed by atoms with Crippen molar-refractivity contribution in [2.75, 3.05) is 9.80 Å². The Morgan fingerprint density at radius 1 is 0.283 bits per heavy atom. The molecule has 8 aromatic rings. The Morgan fingerprint density at radius 2 is 0.566 bits per heavy atom. The highest BCUT2D eigenvalue weighted by Crippen LogP contribution is 2.52. The average molecular weight is 681 g/mol. The maximum absolute atomic E-state index is 2.41. The molecule has 254 valence electrons. The van der Waals surface area contributed by atoms with Gasteiger partial charge in [0.2, 0.25) is 0 Å². The second kappa shape index (κ2) is 13.5. The van der Waals surface area contributed by atoms with E-state index in [1.165, 1.54) is 44.5 Å². The van der Waals surface area contributed by atoms with Crippen LogP contribution >= 0.6 is 0 Å². The molecule has 9 rings (SSSR count). The third kappa shape index (κ3) is 5.99. The van der Waals surface area contributed by atoms with Crippen LogP contribution in [-0.4, -0.2) is 0 Å². The van der Waals surface area contributed by atoms with Crippen LogP contribution in [0.25, 0.3) is 33.4 Å². The summed E-state index contributed by atoms with van der Waals surface area (Å²) in [5.41, 5.74) is 16.7. The summed E-state index contributed by atoms with van der Waals surface area (Å²) < 4.78 is 0. The van der Waals surface area contributed by atoms with Gasteiger partial charge in [0.15, 0.2) is 0 Å². The van der Waals surface area contributed by atoms with Gasteiger partial charge in [0, 0.05) is 39.5 Å². The molecular formula is C51H40N2. The fourth-order valence-corrected chi connectivity index (χ4v) is 7.91. The summed E-state index contributed by atoms with van der Waals surface area (Å²) in [6, 6.07) is 74.4. The van der Waals surface area contributed by atoms with E-state index in [1.54, 1.807) is 0 Å². The Morgan fingerprint density at radius 3 is 0.925 bits per heavy atom. The number of rotatable bonds is 8. The van der Waals surface area contributed by atoms with Crippen molar-refractivity contribution in [3.63, 3.8) is 0 Å². The van der Waals surface area contributed by atoms with E-state index < -0.39 is 0 Å². The summed E-state index contributed by atoms with van der Waals surface area (Å²) in [4.78, 5) is 4.74. The first-order valence-electron chi connectivity index (χ1n) is 18.4. The second-order valence-corrected chi connectivity index (χ2v) is 14.3. The molecule has 0 radical (unpaired) electrons. The van der Waals surface area contributed by atoms with Crippen molar-refractivity contribution in [3.8, 4) is 33.4 Å². The van der Waals surface area contributed by atoms with Crippen LogP contribution in [0.15, 0.2) is 206 Å². The quantitative estimate of drug-likeness (QED) is 0.158. The molecule has 0 aliphatic heterocycles. The topological polar surface area (TPSA) is 6.48 Å². The Bertz CT molecular complexity index is 2310. The molecule has 8 aromatic carbocycles. The predicted octanol–water partition coefficient (Wildman–Crippen LogP) is 14.3. The van der Waals surface area contributed by atoms with Gasteiger partial charge >= 0.3 is 0 Å². The lowest BCUT2D eigenvalue weighted by atomic mass is 9.82. The number of hydrogen-bond acceptors (Lipinski definition) is 2. The molecule has 0 aromatic heterocycles. The molecule has 0 fully saturated rings. The van der Waals surface area contributed by atoms with Gasteiger partial charge in [0.25, 0.3) is 0 Å². The van der Waals surface area contributed by atoms with Crippen molar-refractivity contribution in [2.45, 2.75) is 19.3 Å². The molecule has 2 heteroatoms. The van der Waals surface area contributed by atoms with Gasteiger partial charge in [-0.2, -0.15) is 0 Å². The Balaban J connectivity index is 1.10. The van der Waals surface area contributed by atoms with Crippen LogP contribution in [0.1, 0.15) is 25.0 Å². The van der Waals surface area contributed by atoms with E-state index in [-0.39, 0.29) is 5.41 Å². The van der Waals surface area contributed by atoms with Crippen molar-refractivity contribution in [1.82, 2.24) is 0 Å². The Hall–Kier alpha value is -6.64. The number of para-hydroxylation sites is 2. The molecule has 1 aliphatic carbocycles. The highest BCUT2D eigenvalue weighted by atomic mass is 15.1. The van der Waals surface area contributed by atoms with Crippen molar-refractivity contribution < 1.29 is 0 Å². The van der Waals surface area contributed by atoms with Crippen LogP contribution < -0.4 is 9.80 Å². The van der Waals surface area contributed by atoms with Gasteiger partial charge in [-0.25, -0.2) is 0 Å². The van der Waals surface area contributed by atoms with Crippen LogP contribution in [0.3, 0.4) is 0 Å². The van der Waals surface area contributed by atoms with Crippen LogP contribution in [-0.2, 0) is 5.41 Å². The van der Waals surface area contributed by atoms with Gasteiger partial charge in [-0.15, -0.1) is 0 Å². The minimum atomic E-state index is -0.213. The third-order valence-electron chi connectivity index (χ3n) is 10.7. The molecular weight excluding hydrogens is 641 g/mol. The highest BCUT2D eigenvalue weighted by Gasteiger charge is 2.37. The standard InChI is InChI=1S/C51H40N2/c1-51(2)49-35-45(52(41-19-11-5-12-20-41)43-27-23-39(24-28-43)37-15-7-3-8-16-37)31-33-47(49)48-34-32-46(36-50(48)51)53(42-21-13-6-14-22-42)44-29-25-40(26-30-44)38-17-9-4-10-18-38/h3-36H,1-2H3. The minimum absolute atomic E-state index is 0.213. The normalized spacial score (nSPS) is 12.5. The lowest BCUT2D eigenvalue weighted by Crippen LogP contribution is -2.17. The van der Waals surface area contributed by atoms with Gasteiger partial charge in [0.1, 0.15) is 0 Å². The molecule has 0 atom stereocenters. The zero-order valence-corrected chi connectivity index (χ0v) is 30.0. The maximum Gasteiger partial charge on any atom is 0.0465 e. The number of anilines is 6. The second-order valence-electron chi connectivity index (χ2n) is 14.3. The Kier molecular flexibility index (Phi) is 8.21. The fraction of sp³-hybridized carbons (Fsp3) is 0.0588. The van der Waals surface area contributed by atoms with Crippen molar-refractivity contribution in [3.05, 3.63) is 217 Å².